The molecule has 2 aromatic carbocycles. The summed E-state index contributed by atoms with van der Waals surface area (Å²) in [6, 6.07) is 13.0. The van der Waals surface area contributed by atoms with Crippen LogP contribution in [0.4, 0.5) is 5.69 Å². The summed E-state index contributed by atoms with van der Waals surface area (Å²) in [5.41, 5.74) is 2.31. The zero-order valence-corrected chi connectivity index (χ0v) is 14.3. The molecule has 0 unspecified atom stereocenters. The van der Waals surface area contributed by atoms with Crippen molar-refractivity contribution >= 4 is 61.7 Å². The van der Waals surface area contributed by atoms with Gasteiger partial charge in [-0.3, -0.25) is 4.79 Å². The van der Waals surface area contributed by atoms with Crippen molar-refractivity contribution in [2.75, 3.05) is 5.32 Å². The number of rotatable bonds is 3. The summed E-state index contributed by atoms with van der Waals surface area (Å²) < 4.78 is 2.06. The number of halogens is 3. The van der Waals surface area contributed by atoms with E-state index in [1.807, 2.05) is 30.3 Å². The first-order chi connectivity index (χ1) is 9.10. The number of hydrogen-bond acceptors (Lipinski definition) is 1. The monoisotopic (exact) mass is 449 g/mol. The van der Waals surface area contributed by atoms with E-state index in [1.54, 1.807) is 12.1 Å². The standard InChI is InChI=1S/C14H10BrClINO/c15-12-5-4-11(7-13(12)17)18-14(19)10-3-1-2-9(6-10)8-16/h1-7H,8H2,(H,18,19). The van der Waals surface area contributed by atoms with Gasteiger partial charge in [0, 0.05) is 25.2 Å². The highest BCUT2D eigenvalue weighted by atomic mass is 127. The van der Waals surface area contributed by atoms with E-state index in [0.29, 0.717) is 11.4 Å². The third-order valence-corrected chi connectivity index (χ3v) is 5.15. The molecule has 1 amide bonds. The minimum atomic E-state index is -0.134. The fourth-order valence-corrected chi connectivity index (χ4v) is 2.50. The van der Waals surface area contributed by atoms with Crippen molar-refractivity contribution < 1.29 is 4.79 Å². The molecule has 0 atom stereocenters. The molecule has 1 N–H and O–H groups in total. The second kappa shape index (κ2) is 6.72. The number of carbonyl (C=O) groups is 1. The molecule has 0 bridgehead atoms. The summed E-state index contributed by atoms with van der Waals surface area (Å²) in [5.74, 6) is 0.266. The van der Waals surface area contributed by atoms with Gasteiger partial charge in [0.05, 0.1) is 0 Å². The van der Waals surface area contributed by atoms with E-state index in [0.717, 1.165) is 19.3 Å². The van der Waals surface area contributed by atoms with Gasteiger partial charge in [-0.1, -0.05) is 12.1 Å². The Morgan fingerprint density at radius 3 is 2.74 bits per heavy atom. The minimum absolute atomic E-state index is 0.134. The van der Waals surface area contributed by atoms with Crippen LogP contribution in [0.2, 0.25) is 0 Å². The van der Waals surface area contributed by atoms with Gasteiger partial charge in [0.15, 0.2) is 0 Å². The van der Waals surface area contributed by atoms with Crippen LogP contribution in [0.15, 0.2) is 46.9 Å². The highest BCUT2D eigenvalue weighted by molar-refractivity contribution is 14.1. The van der Waals surface area contributed by atoms with Crippen LogP contribution >= 0.6 is 50.1 Å². The van der Waals surface area contributed by atoms with Crippen LogP contribution in [-0.2, 0) is 5.88 Å². The number of benzene rings is 2. The van der Waals surface area contributed by atoms with E-state index in [-0.39, 0.29) is 5.91 Å². The second-order valence-corrected chi connectivity index (χ2v) is 6.20. The zero-order valence-electron chi connectivity index (χ0n) is 9.79. The Balaban J connectivity index is 2.18. The minimum Gasteiger partial charge on any atom is -0.322 e. The number of carbonyl (C=O) groups excluding carboxylic acids is 1. The predicted octanol–water partition coefficient (Wildman–Crippen LogP) is 5.04. The zero-order chi connectivity index (χ0) is 13.8. The number of hydrogen-bond donors (Lipinski definition) is 1. The van der Waals surface area contributed by atoms with Gasteiger partial charge in [-0.2, -0.15) is 0 Å². The summed E-state index contributed by atoms with van der Waals surface area (Å²) in [6.45, 7) is 0. The average molecular weight is 451 g/mol. The van der Waals surface area contributed by atoms with E-state index in [2.05, 4.69) is 43.8 Å². The molecule has 0 fully saturated rings. The van der Waals surface area contributed by atoms with Crippen LogP contribution in [0.3, 0.4) is 0 Å². The fraction of sp³-hybridized carbons (Fsp3) is 0.0714. The van der Waals surface area contributed by atoms with E-state index >= 15 is 0 Å². The lowest BCUT2D eigenvalue weighted by molar-refractivity contribution is 0.102. The van der Waals surface area contributed by atoms with Gasteiger partial charge < -0.3 is 5.32 Å². The second-order valence-electron chi connectivity index (χ2n) is 3.92. The SMILES string of the molecule is O=C(Nc1ccc(Br)c(I)c1)c1cccc(CCl)c1. The Labute approximate surface area is 138 Å². The smallest absolute Gasteiger partial charge is 0.255 e. The van der Waals surface area contributed by atoms with Crippen LogP contribution in [0.5, 0.6) is 0 Å². The first-order valence-electron chi connectivity index (χ1n) is 5.51. The Bertz CT molecular complexity index is 618. The number of amides is 1. The van der Waals surface area contributed by atoms with E-state index < -0.39 is 0 Å². The van der Waals surface area contributed by atoms with Gasteiger partial charge in [0.2, 0.25) is 0 Å². The van der Waals surface area contributed by atoms with Crippen molar-refractivity contribution in [2.24, 2.45) is 0 Å². The molecule has 19 heavy (non-hydrogen) atoms. The molecular weight excluding hydrogens is 440 g/mol. The van der Waals surface area contributed by atoms with Crippen LogP contribution in [0, 0.1) is 3.57 Å². The molecule has 0 saturated carbocycles. The van der Waals surface area contributed by atoms with Crippen LogP contribution in [0.1, 0.15) is 15.9 Å². The van der Waals surface area contributed by atoms with Gasteiger partial charge in [0.1, 0.15) is 0 Å². The van der Waals surface area contributed by atoms with Crippen molar-refractivity contribution in [3.05, 3.63) is 61.6 Å². The molecule has 0 aliphatic heterocycles. The van der Waals surface area contributed by atoms with E-state index in [9.17, 15) is 4.79 Å². The Kier molecular flexibility index (Phi) is 5.24. The topological polar surface area (TPSA) is 29.1 Å². The lowest BCUT2D eigenvalue weighted by atomic mass is 10.1. The summed E-state index contributed by atoms with van der Waals surface area (Å²) in [7, 11) is 0. The van der Waals surface area contributed by atoms with Gasteiger partial charge in [-0.05, 0) is 74.4 Å². The van der Waals surface area contributed by atoms with Crippen molar-refractivity contribution in [1.82, 2.24) is 0 Å². The number of anilines is 1. The third-order valence-electron chi connectivity index (χ3n) is 2.52. The normalized spacial score (nSPS) is 10.3. The molecule has 0 heterocycles. The van der Waals surface area contributed by atoms with Gasteiger partial charge in [-0.15, -0.1) is 11.6 Å². The number of nitrogens with one attached hydrogen (secondary N) is 1. The first-order valence-corrected chi connectivity index (χ1v) is 7.92. The molecule has 98 valence electrons. The molecule has 2 rings (SSSR count). The maximum atomic E-state index is 12.1. The van der Waals surface area contributed by atoms with E-state index in [4.69, 9.17) is 11.6 Å². The lowest BCUT2D eigenvalue weighted by Crippen LogP contribution is -2.12. The fourth-order valence-electron chi connectivity index (χ4n) is 1.57. The summed E-state index contributed by atoms with van der Waals surface area (Å²) in [6.07, 6.45) is 0. The molecule has 0 aliphatic rings. The van der Waals surface area contributed by atoms with E-state index in [1.165, 1.54) is 0 Å². The Hall–Kier alpha value is -0.590. The van der Waals surface area contributed by atoms with Crippen molar-refractivity contribution in [3.63, 3.8) is 0 Å². The van der Waals surface area contributed by atoms with Crippen LogP contribution in [-0.4, -0.2) is 5.91 Å². The molecule has 0 aliphatic carbocycles. The highest BCUT2D eigenvalue weighted by Gasteiger charge is 2.07. The van der Waals surface area contributed by atoms with Crippen molar-refractivity contribution in [3.8, 4) is 0 Å². The summed E-state index contributed by atoms with van der Waals surface area (Å²) in [4.78, 5) is 12.1. The van der Waals surface area contributed by atoms with Gasteiger partial charge in [0.25, 0.3) is 5.91 Å². The number of alkyl halides is 1. The third kappa shape index (κ3) is 3.94. The molecule has 0 aromatic heterocycles. The van der Waals surface area contributed by atoms with Crippen molar-refractivity contribution in [1.29, 1.82) is 0 Å². The molecule has 2 nitrogen and oxygen atoms in total. The van der Waals surface area contributed by atoms with Crippen LogP contribution in [0.25, 0.3) is 0 Å². The van der Waals surface area contributed by atoms with Gasteiger partial charge in [-0.25, -0.2) is 0 Å². The molecule has 0 saturated heterocycles. The quantitative estimate of drug-likeness (QED) is 0.515. The van der Waals surface area contributed by atoms with Crippen LogP contribution < -0.4 is 5.32 Å². The largest absolute Gasteiger partial charge is 0.322 e. The molecule has 2 aromatic rings. The molecule has 0 radical (unpaired) electrons. The predicted molar refractivity (Wildman–Crippen MR) is 90.8 cm³/mol. The van der Waals surface area contributed by atoms with Crippen molar-refractivity contribution in [2.45, 2.75) is 5.88 Å². The molecule has 0 spiro atoms. The summed E-state index contributed by atoms with van der Waals surface area (Å²) >= 11 is 11.4. The maximum absolute atomic E-state index is 12.1. The highest BCUT2D eigenvalue weighted by Crippen LogP contribution is 2.23. The lowest BCUT2D eigenvalue weighted by Gasteiger charge is -2.07. The summed E-state index contributed by atoms with van der Waals surface area (Å²) in [5, 5.41) is 2.87. The Morgan fingerprint density at radius 1 is 1.26 bits per heavy atom. The molecular formula is C14H10BrClINO. The molecule has 5 heteroatoms. The average Bonchev–Trinajstić information content (AvgIpc) is 2.43. The Morgan fingerprint density at radius 2 is 2.05 bits per heavy atom. The first kappa shape index (κ1) is 14.8. The van der Waals surface area contributed by atoms with Gasteiger partial charge >= 0.3 is 0 Å². The maximum Gasteiger partial charge on any atom is 0.255 e.